The van der Waals surface area contributed by atoms with Crippen LogP contribution in [0.25, 0.3) is 0 Å². The molecule has 0 saturated heterocycles. The molecule has 0 aromatic carbocycles. The summed E-state index contributed by atoms with van der Waals surface area (Å²) < 4.78 is 0. The van der Waals surface area contributed by atoms with Gasteiger partial charge in [-0.1, -0.05) is 37.1 Å². The Morgan fingerprint density at radius 3 is 2.82 bits per heavy atom. The first-order valence-electron chi connectivity index (χ1n) is 8.98. The van der Waals surface area contributed by atoms with Gasteiger partial charge in [0.25, 0.3) is 0 Å². The minimum Gasteiger partial charge on any atom is -0.375 e. The number of allylic oxidation sites excluding steroid dienone is 4. The van der Waals surface area contributed by atoms with Crippen molar-refractivity contribution < 1.29 is 5.11 Å². The molecule has 0 aromatic rings. The first-order chi connectivity index (χ1) is 10.4. The fourth-order valence-electron chi connectivity index (χ4n) is 6.24. The third-order valence-corrected chi connectivity index (χ3v) is 7.74. The van der Waals surface area contributed by atoms with Crippen LogP contribution >= 0.6 is 0 Å². The van der Waals surface area contributed by atoms with Gasteiger partial charge in [-0.2, -0.15) is 5.26 Å². The Kier molecular flexibility index (Phi) is 2.96. The summed E-state index contributed by atoms with van der Waals surface area (Å²) in [4.78, 5) is 0. The van der Waals surface area contributed by atoms with Crippen molar-refractivity contribution in [3.8, 4) is 6.07 Å². The lowest BCUT2D eigenvalue weighted by atomic mass is 9.51. The average molecular weight is 297 g/mol. The number of hydrogen-bond acceptors (Lipinski definition) is 2. The van der Waals surface area contributed by atoms with E-state index in [1.54, 1.807) is 11.1 Å². The van der Waals surface area contributed by atoms with Gasteiger partial charge in [0.2, 0.25) is 0 Å². The van der Waals surface area contributed by atoms with Crippen molar-refractivity contribution in [1.82, 2.24) is 0 Å². The standard InChI is InChI=1S/C20H27NO/c1-18-10-4-3-5-14(18)6-7-15-16(18)8-11-19(2)17(15)9-12-20(19,22)13-21/h5,8,15,17,22H,3-4,6-7,9-12H2,1-2H3/t15-,17+,18+,19+,20?/m1/s1. The molecular weight excluding hydrogens is 270 g/mol. The zero-order valence-electron chi connectivity index (χ0n) is 13.9. The topological polar surface area (TPSA) is 44.0 Å². The molecule has 2 heteroatoms. The second-order valence-corrected chi connectivity index (χ2v) is 8.50. The highest BCUT2D eigenvalue weighted by Crippen LogP contribution is 2.65. The number of hydrogen-bond donors (Lipinski definition) is 1. The molecule has 4 aliphatic rings. The van der Waals surface area contributed by atoms with Crippen LogP contribution in [0.3, 0.4) is 0 Å². The predicted octanol–water partition coefficient (Wildman–Crippen LogP) is 4.51. The highest BCUT2D eigenvalue weighted by Gasteiger charge is 2.62. The van der Waals surface area contributed by atoms with Gasteiger partial charge in [0.1, 0.15) is 0 Å². The van der Waals surface area contributed by atoms with Gasteiger partial charge in [-0.3, -0.25) is 0 Å². The zero-order valence-corrected chi connectivity index (χ0v) is 13.9. The Bertz CT molecular complexity index is 612. The number of nitrogens with zero attached hydrogens (tertiary/aromatic N) is 1. The van der Waals surface area contributed by atoms with Gasteiger partial charge in [-0.15, -0.1) is 0 Å². The monoisotopic (exact) mass is 297 g/mol. The third-order valence-electron chi connectivity index (χ3n) is 7.74. The van der Waals surface area contributed by atoms with Crippen molar-refractivity contribution in [2.24, 2.45) is 22.7 Å². The number of fused-ring (bicyclic) bond motifs is 5. The summed E-state index contributed by atoms with van der Waals surface area (Å²) in [6.07, 6.45) is 13.7. The highest BCUT2D eigenvalue weighted by molar-refractivity contribution is 5.39. The van der Waals surface area contributed by atoms with Gasteiger partial charge in [0.15, 0.2) is 5.60 Å². The summed E-state index contributed by atoms with van der Waals surface area (Å²) in [6.45, 7) is 4.61. The van der Waals surface area contributed by atoms with Gasteiger partial charge in [0, 0.05) is 10.8 Å². The van der Waals surface area contributed by atoms with E-state index in [2.05, 4.69) is 32.1 Å². The fourth-order valence-corrected chi connectivity index (χ4v) is 6.24. The molecule has 0 aliphatic heterocycles. The van der Waals surface area contributed by atoms with Gasteiger partial charge >= 0.3 is 0 Å². The van der Waals surface area contributed by atoms with Gasteiger partial charge in [0.05, 0.1) is 6.07 Å². The van der Waals surface area contributed by atoms with Crippen LogP contribution in [0.5, 0.6) is 0 Å². The maximum atomic E-state index is 10.8. The fraction of sp³-hybridized carbons (Fsp3) is 0.750. The smallest absolute Gasteiger partial charge is 0.156 e. The highest BCUT2D eigenvalue weighted by atomic mass is 16.3. The van der Waals surface area contributed by atoms with Crippen molar-refractivity contribution in [3.63, 3.8) is 0 Å². The van der Waals surface area contributed by atoms with Crippen LogP contribution in [0.15, 0.2) is 23.3 Å². The van der Waals surface area contributed by atoms with E-state index in [4.69, 9.17) is 0 Å². The van der Waals surface area contributed by atoms with Crippen molar-refractivity contribution in [1.29, 1.82) is 5.26 Å². The van der Waals surface area contributed by atoms with E-state index in [1.165, 1.54) is 32.1 Å². The number of nitriles is 1. The Morgan fingerprint density at radius 1 is 1.23 bits per heavy atom. The summed E-state index contributed by atoms with van der Waals surface area (Å²) in [5, 5.41) is 20.4. The van der Waals surface area contributed by atoms with Crippen molar-refractivity contribution in [3.05, 3.63) is 23.3 Å². The Balaban J connectivity index is 1.78. The molecule has 118 valence electrons. The van der Waals surface area contributed by atoms with E-state index in [9.17, 15) is 10.4 Å². The molecule has 1 N–H and O–H groups in total. The molecule has 22 heavy (non-hydrogen) atoms. The molecule has 0 bridgehead atoms. The zero-order chi connectivity index (χ0) is 15.6. The molecule has 4 aliphatic carbocycles. The van der Waals surface area contributed by atoms with Crippen LogP contribution in [0.1, 0.15) is 65.2 Å². The maximum Gasteiger partial charge on any atom is 0.156 e. The van der Waals surface area contributed by atoms with Crippen LogP contribution in [0.2, 0.25) is 0 Å². The molecule has 0 aromatic heterocycles. The third kappa shape index (κ3) is 1.59. The van der Waals surface area contributed by atoms with E-state index in [0.29, 0.717) is 18.3 Å². The summed E-state index contributed by atoms with van der Waals surface area (Å²) in [5.74, 6) is 1.07. The van der Waals surface area contributed by atoms with E-state index in [-0.39, 0.29) is 10.8 Å². The predicted molar refractivity (Wildman–Crippen MR) is 86.9 cm³/mol. The summed E-state index contributed by atoms with van der Waals surface area (Å²) in [5.41, 5.74) is 2.22. The van der Waals surface area contributed by atoms with Crippen molar-refractivity contribution in [2.45, 2.75) is 70.8 Å². The quantitative estimate of drug-likeness (QED) is 0.528. The first-order valence-corrected chi connectivity index (χ1v) is 8.98. The largest absolute Gasteiger partial charge is 0.375 e. The lowest BCUT2D eigenvalue weighted by molar-refractivity contribution is -0.0390. The molecule has 0 spiro atoms. The molecule has 2 nitrogen and oxygen atoms in total. The Labute approximate surface area is 133 Å². The lowest BCUT2D eigenvalue weighted by Crippen LogP contribution is -2.50. The van der Waals surface area contributed by atoms with E-state index >= 15 is 0 Å². The minimum absolute atomic E-state index is 0.248. The molecule has 5 atom stereocenters. The molecule has 0 radical (unpaired) electrons. The van der Waals surface area contributed by atoms with Gasteiger partial charge in [-0.05, 0) is 63.2 Å². The number of aliphatic hydroxyl groups is 1. The summed E-state index contributed by atoms with van der Waals surface area (Å²) >= 11 is 0. The lowest BCUT2D eigenvalue weighted by Gasteiger charge is -2.54. The molecular formula is C20H27NO. The Hall–Kier alpha value is -1.07. The number of rotatable bonds is 0. The van der Waals surface area contributed by atoms with Gasteiger partial charge < -0.3 is 5.11 Å². The molecule has 2 fully saturated rings. The van der Waals surface area contributed by atoms with Crippen molar-refractivity contribution >= 4 is 0 Å². The molecule has 4 rings (SSSR count). The second-order valence-electron chi connectivity index (χ2n) is 8.50. The normalized spacial score (nSPS) is 50.1. The van der Waals surface area contributed by atoms with Crippen LogP contribution in [0, 0.1) is 34.0 Å². The van der Waals surface area contributed by atoms with Gasteiger partial charge in [-0.25, -0.2) is 0 Å². The first kappa shape index (κ1) is 14.5. The average Bonchev–Trinajstić information content (AvgIpc) is 2.79. The summed E-state index contributed by atoms with van der Waals surface area (Å²) in [6, 6.07) is 2.26. The van der Waals surface area contributed by atoms with E-state index in [0.717, 1.165) is 12.8 Å². The van der Waals surface area contributed by atoms with Crippen LogP contribution in [-0.2, 0) is 0 Å². The molecule has 1 unspecified atom stereocenters. The van der Waals surface area contributed by atoms with Crippen LogP contribution < -0.4 is 0 Å². The van der Waals surface area contributed by atoms with Crippen molar-refractivity contribution in [2.75, 3.05) is 0 Å². The minimum atomic E-state index is -1.12. The SMILES string of the molecule is C[C@]12CCCC=C1CC[C@@H]1C2=CC[C@@]2(C)[C@H]1CCC2(O)C#N. The molecule has 0 heterocycles. The van der Waals surface area contributed by atoms with E-state index < -0.39 is 5.60 Å². The maximum absolute atomic E-state index is 10.8. The van der Waals surface area contributed by atoms with Crippen LogP contribution in [-0.4, -0.2) is 10.7 Å². The molecule has 0 amide bonds. The Morgan fingerprint density at radius 2 is 2.05 bits per heavy atom. The van der Waals surface area contributed by atoms with Crippen LogP contribution in [0.4, 0.5) is 0 Å². The molecule has 2 saturated carbocycles. The van der Waals surface area contributed by atoms with E-state index in [1.807, 2.05) is 0 Å². The second kappa shape index (κ2) is 4.48. The summed E-state index contributed by atoms with van der Waals surface area (Å²) in [7, 11) is 0.